The van der Waals surface area contributed by atoms with Gasteiger partial charge in [-0.25, -0.2) is 0 Å². The van der Waals surface area contributed by atoms with Gasteiger partial charge in [-0.2, -0.15) is 30.2 Å². The fourth-order valence-electron chi connectivity index (χ4n) is 1.95. The summed E-state index contributed by atoms with van der Waals surface area (Å²) in [5.41, 5.74) is 0. The number of rotatable bonds is 4. The van der Waals surface area contributed by atoms with Crippen LogP contribution in [-0.2, 0) is 0 Å². The van der Waals surface area contributed by atoms with Gasteiger partial charge in [-0.05, 0) is 19.1 Å². The molecule has 0 bridgehead atoms. The highest BCUT2D eigenvalue weighted by Crippen LogP contribution is 2.30. The molecule has 1 N–H and O–H groups in total. The normalized spacial score (nSPS) is 27.7. The smallest absolute Gasteiger partial charge is 0.311 e. The zero-order valence-corrected chi connectivity index (χ0v) is 9.87. The van der Waals surface area contributed by atoms with Crippen molar-refractivity contribution < 1.29 is 13.2 Å². The Morgan fingerprint density at radius 2 is 2.19 bits per heavy atom. The van der Waals surface area contributed by atoms with Crippen LogP contribution in [-0.4, -0.2) is 30.3 Å². The summed E-state index contributed by atoms with van der Waals surface area (Å²) in [5, 5.41) is 11.7. The average Bonchev–Trinajstić information content (AvgIpc) is 2.64. The summed E-state index contributed by atoms with van der Waals surface area (Å²) in [5.74, 6) is -1.89. The standard InChI is InChI=1S/C10H15F3N2S/c1-16-9-4-2-3-8(9)15-6-7(5-14)10(11,12)13/h7-9,15H,2-4,6H2,1H3. The fraction of sp³-hybridized carbons (Fsp3) is 0.900. The molecule has 92 valence electrons. The quantitative estimate of drug-likeness (QED) is 0.835. The third-order valence-electron chi connectivity index (χ3n) is 2.89. The lowest BCUT2D eigenvalue weighted by molar-refractivity contribution is -0.157. The molecule has 2 nitrogen and oxygen atoms in total. The number of hydrogen-bond acceptors (Lipinski definition) is 3. The second kappa shape index (κ2) is 5.78. The largest absolute Gasteiger partial charge is 0.405 e. The molecule has 0 aliphatic heterocycles. The minimum Gasteiger partial charge on any atom is -0.311 e. The Kier molecular flexibility index (Phi) is 4.93. The number of hydrogen-bond donors (Lipinski definition) is 1. The molecule has 0 amide bonds. The number of nitriles is 1. The second-order valence-electron chi connectivity index (χ2n) is 3.94. The Morgan fingerprint density at radius 1 is 1.50 bits per heavy atom. The van der Waals surface area contributed by atoms with Crippen LogP contribution >= 0.6 is 11.8 Å². The molecule has 1 rings (SSSR count). The van der Waals surface area contributed by atoms with Crippen LogP contribution in [0.2, 0.25) is 0 Å². The maximum absolute atomic E-state index is 12.3. The SMILES string of the molecule is CSC1CCCC1NCC(C#N)C(F)(F)F. The van der Waals surface area contributed by atoms with Gasteiger partial charge < -0.3 is 5.32 Å². The lowest BCUT2D eigenvalue weighted by Crippen LogP contribution is -2.40. The number of alkyl halides is 3. The van der Waals surface area contributed by atoms with Crippen molar-refractivity contribution in [2.45, 2.75) is 36.7 Å². The van der Waals surface area contributed by atoms with E-state index in [-0.39, 0.29) is 12.6 Å². The fourth-order valence-corrected chi connectivity index (χ4v) is 2.91. The molecule has 6 heteroatoms. The minimum atomic E-state index is -4.42. The summed E-state index contributed by atoms with van der Waals surface area (Å²) in [4.78, 5) is 0. The van der Waals surface area contributed by atoms with Crippen molar-refractivity contribution >= 4 is 11.8 Å². The predicted octanol–water partition coefficient (Wildman–Crippen LogP) is 2.56. The molecule has 1 aliphatic rings. The summed E-state index contributed by atoms with van der Waals surface area (Å²) in [6.07, 6.45) is 0.543. The van der Waals surface area contributed by atoms with E-state index in [0.717, 1.165) is 19.3 Å². The zero-order valence-electron chi connectivity index (χ0n) is 9.05. The van der Waals surface area contributed by atoms with Gasteiger partial charge >= 0.3 is 6.18 Å². The van der Waals surface area contributed by atoms with Gasteiger partial charge in [0.15, 0.2) is 5.92 Å². The minimum absolute atomic E-state index is 0.119. The van der Waals surface area contributed by atoms with E-state index in [2.05, 4.69) is 5.32 Å². The maximum atomic E-state index is 12.3. The van der Waals surface area contributed by atoms with E-state index in [1.54, 1.807) is 11.8 Å². The van der Waals surface area contributed by atoms with Crippen molar-refractivity contribution in [3.8, 4) is 6.07 Å². The molecule has 0 aromatic carbocycles. The van der Waals surface area contributed by atoms with Gasteiger partial charge in [-0.1, -0.05) is 6.42 Å². The van der Waals surface area contributed by atoms with E-state index < -0.39 is 12.1 Å². The van der Waals surface area contributed by atoms with E-state index in [0.29, 0.717) is 5.25 Å². The van der Waals surface area contributed by atoms with Crippen LogP contribution in [0.5, 0.6) is 0 Å². The maximum Gasteiger partial charge on any atom is 0.405 e. The third kappa shape index (κ3) is 3.56. The second-order valence-corrected chi connectivity index (χ2v) is 5.02. The van der Waals surface area contributed by atoms with Crippen molar-refractivity contribution in [1.82, 2.24) is 5.32 Å². The highest BCUT2D eigenvalue weighted by molar-refractivity contribution is 7.99. The molecule has 0 saturated heterocycles. The number of nitrogens with zero attached hydrogens (tertiary/aromatic N) is 1. The molecule has 1 saturated carbocycles. The zero-order chi connectivity index (χ0) is 12.2. The molecular formula is C10H15F3N2S. The molecule has 3 unspecified atom stereocenters. The first kappa shape index (κ1) is 13.7. The molecule has 0 aromatic rings. The summed E-state index contributed by atoms with van der Waals surface area (Å²) in [6, 6.07) is 1.42. The number of halogens is 3. The van der Waals surface area contributed by atoms with Gasteiger partial charge in [0.25, 0.3) is 0 Å². The van der Waals surface area contributed by atoms with E-state index in [1.165, 1.54) is 6.07 Å². The number of thioether (sulfide) groups is 1. The summed E-state index contributed by atoms with van der Waals surface area (Å²) >= 11 is 1.68. The molecular weight excluding hydrogens is 237 g/mol. The molecule has 1 fully saturated rings. The van der Waals surface area contributed by atoms with Gasteiger partial charge in [0.1, 0.15) is 0 Å². The van der Waals surface area contributed by atoms with Crippen LogP contribution in [0.3, 0.4) is 0 Å². The van der Waals surface area contributed by atoms with Crippen LogP contribution in [0.4, 0.5) is 13.2 Å². The molecule has 0 radical (unpaired) electrons. The van der Waals surface area contributed by atoms with Gasteiger partial charge in [0.2, 0.25) is 0 Å². The molecule has 0 aromatic heterocycles. The van der Waals surface area contributed by atoms with Crippen molar-refractivity contribution in [3.63, 3.8) is 0 Å². The van der Waals surface area contributed by atoms with E-state index in [9.17, 15) is 13.2 Å². The van der Waals surface area contributed by atoms with Crippen molar-refractivity contribution in [2.75, 3.05) is 12.8 Å². The Hall–Kier alpha value is -0.410. The molecule has 1 aliphatic carbocycles. The Labute approximate surface area is 97.6 Å². The first-order valence-corrected chi connectivity index (χ1v) is 6.50. The summed E-state index contributed by atoms with van der Waals surface area (Å²) in [6.45, 7) is -0.290. The van der Waals surface area contributed by atoms with E-state index in [1.807, 2.05) is 6.26 Å². The lowest BCUT2D eigenvalue weighted by Gasteiger charge is -2.21. The highest BCUT2D eigenvalue weighted by atomic mass is 32.2. The first-order chi connectivity index (χ1) is 7.49. The van der Waals surface area contributed by atoms with E-state index in [4.69, 9.17) is 5.26 Å². The average molecular weight is 252 g/mol. The van der Waals surface area contributed by atoms with Crippen molar-refractivity contribution in [2.24, 2.45) is 5.92 Å². The Morgan fingerprint density at radius 3 is 2.69 bits per heavy atom. The van der Waals surface area contributed by atoms with Crippen molar-refractivity contribution in [3.05, 3.63) is 0 Å². The highest BCUT2D eigenvalue weighted by Gasteiger charge is 2.40. The topological polar surface area (TPSA) is 35.8 Å². The summed E-state index contributed by atoms with van der Waals surface area (Å²) in [7, 11) is 0. The van der Waals surface area contributed by atoms with Gasteiger partial charge in [0, 0.05) is 17.8 Å². The first-order valence-electron chi connectivity index (χ1n) is 5.21. The van der Waals surface area contributed by atoms with Crippen LogP contribution in [0.15, 0.2) is 0 Å². The Balaban J connectivity index is 2.41. The molecule has 0 heterocycles. The van der Waals surface area contributed by atoms with Crippen molar-refractivity contribution in [1.29, 1.82) is 5.26 Å². The third-order valence-corrected chi connectivity index (χ3v) is 4.06. The van der Waals surface area contributed by atoms with Gasteiger partial charge in [-0.15, -0.1) is 0 Å². The lowest BCUT2D eigenvalue weighted by atomic mass is 10.1. The van der Waals surface area contributed by atoms with Crippen LogP contribution in [0.25, 0.3) is 0 Å². The van der Waals surface area contributed by atoms with Crippen LogP contribution in [0.1, 0.15) is 19.3 Å². The van der Waals surface area contributed by atoms with Gasteiger partial charge in [0.05, 0.1) is 6.07 Å². The van der Waals surface area contributed by atoms with Crippen LogP contribution < -0.4 is 5.32 Å². The monoisotopic (exact) mass is 252 g/mol. The van der Waals surface area contributed by atoms with E-state index >= 15 is 0 Å². The van der Waals surface area contributed by atoms with Crippen LogP contribution in [0, 0.1) is 17.2 Å². The summed E-state index contributed by atoms with van der Waals surface area (Å²) < 4.78 is 36.9. The predicted molar refractivity (Wildman–Crippen MR) is 58.1 cm³/mol. The van der Waals surface area contributed by atoms with Gasteiger partial charge in [-0.3, -0.25) is 0 Å². The Bertz CT molecular complexity index is 262. The molecule has 3 atom stereocenters. The molecule has 0 spiro atoms. The number of nitrogens with one attached hydrogen (secondary N) is 1. The molecule has 16 heavy (non-hydrogen) atoms.